The zero-order chi connectivity index (χ0) is 12.8. The molecule has 94 valence electrons. The van der Waals surface area contributed by atoms with Crippen molar-refractivity contribution in [2.24, 2.45) is 5.73 Å². The van der Waals surface area contributed by atoms with Crippen LogP contribution in [0.3, 0.4) is 0 Å². The van der Waals surface area contributed by atoms with Crippen molar-refractivity contribution in [2.75, 3.05) is 25.5 Å². The average Bonchev–Trinajstić information content (AvgIpc) is 2.35. The van der Waals surface area contributed by atoms with Crippen LogP contribution < -0.4 is 16.0 Å². The normalized spacial score (nSPS) is 10.1. The van der Waals surface area contributed by atoms with Crippen molar-refractivity contribution < 1.29 is 9.18 Å². The number of nitrogens with one attached hydrogen (secondary N) is 1. The van der Waals surface area contributed by atoms with E-state index in [1.54, 1.807) is 19.2 Å². The number of halogens is 1. The number of amides is 1. The standard InChI is InChI=1S/C12H18FN3O/c1-15-12(17)6-7-16(2)11-5-3-4-10(13)9(11)8-14/h3-5H,6-8,14H2,1-2H3,(H,15,17). The molecule has 0 saturated heterocycles. The number of anilines is 1. The van der Waals surface area contributed by atoms with E-state index in [0.29, 0.717) is 18.5 Å². The lowest BCUT2D eigenvalue weighted by atomic mass is 10.1. The molecule has 1 aromatic rings. The number of carbonyl (C=O) groups is 1. The molecular formula is C12H18FN3O. The lowest BCUT2D eigenvalue weighted by molar-refractivity contribution is -0.120. The number of nitrogens with zero attached hydrogens (tertiary/aromatic N) is 1. The zero-order valence-electron chi connectivity index (χ0n) is 10.2. The maximum absolute atomic E-state index is 13.5. The van der Waals surface area contributed by atoms with Crippen LogP contribution in [0.1, 0.15) is 12.0 Å². The zero-order valence-corrected chi connectivity index (χ0v) is 10.2. The molecule has 0 saturated carbocycles. The smallest absolute Gasteiger partial charge is 0.221 e. The van der Waals surface area contributed by atoms with Crippen LogP contribution >= 0.6 is 0 Å². The predicted octanol–water partition coefficient (Wildman–Crippen LogP) is 0.857. The number of carbonyl (C=O) groups excluding carboxylic acids is 1. The Hall–Kier alpha value is -1.62. The van der Waals surface area contributed by atoms with Gasteiger partial charge in [0.25, 0.3) is 0 Å². The lowest BCUT2D eigenvalue weighted by Gasteiger charge is -2.22. The van der Waals surface area contributed by atoms with Gasteiger partial charge in [-0.2, -0.15) is 0 Å². The van der Waals surface area contributed by atoms with E-state index in [4.69, 9.17) is 5.73 Å². The minimum Gasteiger partial charge on any atom is -0.374 e. The highest BCUT2D eigenvalue weighted by Crippen LogP contribution is 2.21. The van der Waals surface area contributed by atoms with Crippen molar-refractivity contribution in [1.29, 1.82) is 0 Å². The highest BCUT2D eigenvalue weighted by molar-refractivity contribution is 5.76. The van der Waals surface area contributed by atoms with Gasteiger partial charge in [-0.3, -0.25) is 4.79 Å². The van der Waals surface area contributed by atoms with Gasteiger partial charge in [0, 0.05) is 44.9 Å². The Morgan fingerprint density at radius 2 is 2.24 bits per heavy atom. The van der Waals surface area contributed by atoms with E-state index in [-0.39, 0.29) is 18.3 Å². The Balaban J connectivity index is 2.78. The Labute approximate surface area is 101 Å². The summed E-state index contributed by atoms with van der Waals surface area (Å²) >= 11 is 0. The molecule has 0 aliphatic rings. The molecule has 0 unspecified atom stereocenters. The summed E-state index contributed by atoms with van der Waals surface area (Å²) < 4.78 is 13.5. The second kappa shape index (κ2) is 6.20. The molecule has 0 fully saturated rings. The number of rotatable bonds is 5. The molecule has 17 heavy (non-hydrogen) atoms. The van der Waals surface area contributed by atoms with Gasteiger partial charge in [0.1, 0.15) is 5.82 Å². The van der Waals surface area contributed by atoms with E-state index in [2.05, 4.69) is 5.32 Å². The Kier molecular flexibility index (Phi) is 4.90. The summed E-state index contributed by atoms with van der Waals surface area (Å²) in [7, 11) is 3.41. The Bertz CT molecular complexity index is 395. The summed E-state index contributed by atoms with van der Waals surface area (Å²) in [6.07, 6.45) is 0.369. The molecule has 0 radical (unpaired) electrons. The fourth-order valence-electron chi connectivity index (χ4n) is 1.62. The third-order valence-corrected chi connectivity index (χ3v) is 2.66. The van der Waals surface area contributed by atoms with E-state index in [1.165, 1.54) is 6.07 Å². The minimum atomic E-state index is -0.309. The molecule has 0 atom stereocenters. The molecule has 0 bridgehead atoms. The first kappa shape index (κ1) is 13.4. The van der Waals surface area contributed by atoms with Crippen molar-refractivity contribution >= 4 is 11.6 Å². The van der Waals surface area contributed by atoms with Gasteiger partial charge in [-0.25, -0.2) is 4.39 Å². The fourth-order valence-corrected chi connectivity index (χ4v) is 1.62. The molecular weight excluding hydrogens is 221 g/mol. The monoisotopic (exact) mass is 239 g/mol. The van der Waals surface area contributed by atoms with Crippen LogP contribution in [-0.2, 0) is 11.3 Å². The molecule has 5 heteroatoms. The molecule has 1 rings (SSSR count). The van der Waals surface area contributed by atoms with E-state index in [9.17, 15) is 9.18 Å². The summed E-state index contributed by atoms with van der Waals surface area (Å²) in [5.74, 6) is -0.348. The summed E-state index contributed by atoms with van der Waals surface area (Å²) in [4.78, 5) is 13.0. The molecule has 0 aliphatic carbocycles. The van der Waals surface area contributed by atoms with E-state index in [1.807, 2.05) is 11.9 Å². The second-order valence-corrected chi connectivity index (χ2v) is 3.79. The molecule has 0 aliphatic heterocycles. The first-order valence-electron chi connectivity index (χ1n) is 5.49. The first-order valence-corrected chi connectivity index (χ1v) is 5.49. The Morgan fingerprint density at radius 1 is 1.53 bits per heavy atom. The molecule has 0 spiro atoms. The average molecular weight is 239 g/mol. The Morgan fingerprint density at radius 3 is 2.82 bits per heavy atom. The van der Waals surface area contributed by atoms with E-state index >= 15 is 0 Å². The van der Waals surface area contributed by atoms with Gasteiger partial charge < -0.3 is 16.0 Å². The maximum atomic E-state index is 13.5. The van der Waals surface area contributed by atoms with Crippen LogP contribution in [0.5, 0.6) is 0 Å². The first-order chi connectivity index (χ1) is 8.10. The van der Waals surface area contributed by atoms with Gasteiger partial charge in [0.15, 0.2) is 0 Å². The quantitative estimate of drug-likeness (QED) is 0.801. The highest BCUT2D eigenvalue weighted by atomic mass is 19.1. The van der Waals surface area contributed by atoms with Crippen LogP contribution in [0, 0.1) is 5.82 Å². The third kappa shape index (κ3) is 3.42. The van der Waals surface area contributed by atoms with E-state index < -0.39 is 0 Å². The number of hydrogen-bond acceptors (Lipinski definition) is 3. The molecule has 4 nitrogen and oxygen atoms in total. The van der Waals surface area contributed by atoms with Crippen LogP contribution in [0.15, 0.2) is 18.2 Å². The molecule has 0 aromatic heterocycles. The van der Waals surface area contributed by atoms with Crippen molar-refractivity contribution in [3.8, 4) is 0 Å². The van der Waals surface area contributed by atoms with Crippen molar-refractivity contribution in [1.82, 2.24) is 5.32 Å². The molecule has 0 heterocycles. The van der Waals surface area contributed by atoms with Gasteiger partial charge in [-0.15, -0.1) is 0 Å². The van der Waals surface area contributed by atoms with Crippen molar-refractivity contribution in [3.63, 3.8) is 0 Å². The maximum Gasteiger partial charge on any atom is 0.221 e. The summed E-state index contributed by atoms with van der Waals surface area (Å²) in [5.41, 5.74) is 6.74. The van der Waals surface area contributed by atoms with Gasteiger partial charge >= 0.3 is 0 Å². The van der Waals surface area contributed by atoms with Crippen molar-refractivity contribution in [2.45, 2.75) is 13.0 Å². The van der Waals surface area contributed by atoms with Gasteiger partial charge in [-0.1, -0.05) is 6.07 Å². The van der Waals surface area contributed by atoms with Crippen LogP contribution in [0.4, 0.5) is 10.1 Å². The minimum absolute atomic E-state index is 0.0393. The summed E-state index contributed by atoms with van der Waals surface area (Å²) in [5, 5.41) is 2.55. The number of benzene rings is 1. The van der Waals surface area contributed by atoms with Crippen molar-refractivity contribution in [3.05, 3.63) is 29.6 Å². The summed E-state index contributed by atoms with van der Waals surface area (Å²) in [6, 6.07) is 4.83. The highest BCUT2D eigenvalue weighted by Gasteiger charge is 2.11. The third-order valence-electron chi connectivity index (χ3n) is 2.66. The predicted molar refractivity (Wildman–Crippen MR) is 66.2 cm³/mol. The van der Waals surface area contributed by atoms with Gasteiger partial charge in [0.2, 0.25) is 5.91 Å². The lowest BCUT2D eigenvalue weighted by Crippen LogP contribution is -2.27. The molecule has 3 N–H and O–H groups in total. The summed E-state index contributed by atoms with van der Waals surface area (Å²) in [6.45, 7) is 0.669. The molecule has 1 aromatic carbocycles. The second-order valence-electron chi connectivity index (χ2n) is 3.79. The number of hydrogen-bond donors (Lipinski definition) is 2. The van der Waals surface area contributed by atoms with Crippen LogP contribution in [0.25, 0.3) is 0 Å². The SMILES string of the molecule is CNC(=O)CCN(C)c1cccc(F)c1CN. The van der Waals surface area contributed by atoms with Crippen LogP contribution in [-0.4, -0.2) is 26.5 Å². The van der Waals surface area contributed by atoms with Crippen LogP contribution in [0.2, 0.25) is 0 Å². The van der Waals surface area contributed by atoms with Gasteiger partial charge in [0.05, 0.1) is 0 Å². The topological polar surface area (TPSA) is 58.4 Å². The van der Waals surface area contributed by atoms with E-state index in [0.717, 1.165) is 5.69 Å². The molecule has 1 amide bonds. The largest absolute Gasteiger partial charge is 0.374 e. The van der Waals surface area contributed by atoms with Gasteiger partial charge in [-0.05, 0) is 12.1 Å². The number of nitrogens with two attached hydrogens (primary N) is 1. The fraction of sp³-hybridized carbons (Fsp3) is 0.417.